The first kappa shape index (κ1) is 13.4. The summed E-state index contributed by atoms with van der Waals surface area (Å²) in [6, 6.07) is 18.6. The van der Waals surface area contributed by atoms with E-state index in [1.807, 2.05) is 48.5 Å². The van der Waals surface area contributed by atoms with Crippen LogP contribution in [0.1, 0.15) is 20.7 Å². The van der Waals surface area contributed by atoms with Gasteiger partial charge in [0.05, 0.1) is 16.6 Å². The zero-order valence-electron chi connectivity index (χ0n) is 12.1. The van der Waals surface area contributed by atoms with Gasteiger partial charge in [-0.1, -0.05) is 36.4 Å². The Hall–Kier alpha value is -3.27. The van der Waals surface area contributed by atoms with Crippen molar-refractivity contribution in [3.8, 4) is 0 Å². The van der Waals surface area contributed by atoms with E-state index in [9.17, 15) is 9.59 Å². The van der Waals surface area contributed by atoms with Crippen molar-refractivity contribution in [1.29, 1.82) is 0 Å². The number of rotatable bonds is 2. The quantitative estimate of drug-likeness (QED) is 0.530. The Morgan fingerprint density at radius 3 is 2.43 bits per heavy atom. The lowest BCUT2D eigenvalue weighted by Crippen LogP contribution is -2.13. The number of aromatic nitrogens is 2. The Morgan fingerprint density at radius 1 is 0.957 bits per heavy atom. The highest BCUT2D eigenvalue weighted by molar-refractivity contribution is 6.08. The van der Waals surface area contributed by atoms with Crippen molar-refractivity contribution in [1.82, 2.24) is 9.55 Å². The molecule has 0 saturated heterocycles. The number of carbonyl (C=O) groups excluding carboxylic acids is 2. The highest BCUT2D eigenvalue weighted by Crippen LogP contribution is 2.22. The number of nitrogens with zero attached hydrogens (tertiary/aromatic N) is 2. The van der Waals surface area contributed by atoms with Gasteiger partial charge in [0.1, 0.15) is 6.33 Å². The first-order valence-electron chi connectivity index (χ1n) is 7.23. The number of imidazole rings is 1. The van der Waals surface area contributed by atoms with Crippen molar-refractivity contribution in [2.75, 3.05) is 0 Å². The van der Waals surface area contributed by atoms with Crippen LogP contribution in [0.5, 0.6) is 0 Å². The second-order valence-electron chi connectivity index (χ2n) is 5.31. The molecule has 23 heavy (non-hydrogen) atoms. The predicted molar refractivity (Wildman–Crippen MR) is 88.8 cm³/mol. The molecule has 3 aromatic carbocycles. The maximum Gasteiger partial charge on any atom is 0.264 e. The SMILES string of the molecule is O=Cc1cc2ccccc2cc1C(=O)n1cnc2ccccc21. The molecule has 0 aliphatic carbocycles. The first-order chi connectivity index (χ1) is 11.3. The molecular formula is C19H12N2O2. The molecular weight excluding hydrogens is 288 g/mol. The Bertz CT molecular complexity index is 1060. The summed E-state index contributed by atoms with van der Waals surface area (Å²) in [5.41, 5.74) is 2.23. The number of hydrogen-bond donors (Lipinski definition) is 0. The van der Waals surface area contributed by atoms with E-state index < -0.39 is 0 Å². The second-order valence-corrected chi connectivity index (χ2v) is 5.31. The summed E-state index contributed by atoms with van der Waals surface area (Å²) in [5.74, 6) is -0.258. The van der Waals surface area contributed by atoms with E-state index in [0.717, 1.165) is 28.1 Å². The maximum atomic E-state index is 12.9. The Kier molecular flexibility index (Phi) is 3.01. The maximum absolute atomic E-state index is 12.9. The molecule has 0 atom stereocenters. The lowest BCUT2D eigenvalue weighted by molar-refractivity contribution is 0.0958. The van der Waals surface area contributed by atoms with Crippen molar-refractivity contribution in [2.24, 2.45) is 0 Å². The molecule has 4 rings (SSSR count). The van der Waals surface area contributed by atoms with E-state index in [-0.39, 0.29) is 5.91 Å². The largest absolute Gasteiger partial charge is 0.298 e. The standard InChI is InChI=1S/C19H12N2O2/c22-11-15-9-13-5-1-2-6-14(13)10-16(15)19(23)21-12-20-17-7-3-4-8-18(17)21/h1-12H. The van der Waals surface area contributed by atoms with E-state index in [1.54, 1.807) is 12.1 Å². The normalized spacial score (nSPS) is 11.0. The van der Waals surface area contributed by atoms with Crippen LogP contribution in [-0.4, -0.2) is 21.7 Å². The summed E-state index contributed by atoms with van der Waals surface area (Å²) in [5, 5.41) is 1.85. The van der Waals surface area contributed by atoms with E-state index in [2.05, 4.69) is 4.98 Å². The molecule has 0 unspecified atom stereocenters. The van der Waals surface area contributed by atoms with Gasteiger partial charge in [0.15, 0.2) is 6.29 Å². The average molecular weight is 300 g/mol. The average Bonchev–Trinajstić information content (AvgIpc) is 3.04. The molecule has 0 radical (unpaired) electrons. The zero-order chi connectivity index (χ0) is 15.8. The molecule has 4 nitrogen and oxygen atoms in total. The number of aldehydes is 1. The van der Waals surface area contributed by atoms with Crippen LogP contribution < -0.4 is 0 Å². The smallest absolute Gasteiger partial charge is 0.264 e. The summed E-state index contributed by atoms with van der Waals surface area (Å²) >= 11 is 0. The monoisotopic (exact) mass is 300 g/mol. The summed E-state index contributed by atoms with van der Waals surface area (Å²) < 4.78 is 1.48. The molecule has 0 bridgehead atoms. The topological polar surface area (TPSA) is 52.0 Å². The first-order valence-corrected chi connectivity index (χ1v) is 7.23. The third kappa shape index (κ3) is 2.12. The molecule has 0 aliphatic rings. The Balaban J connectivity index is 1.94. The van der Waals surface area contributed by atoms with Crippen molar-refractivity contribution in [2.45, 2.75) is 0 Å². The highest BCUT2D eigenvalue weighted by Gasteiger charge is 2.16. The predicted octanol–water partition coefficient (Wildman–Crippen LogP) is 3.69. The number of hydrogen-bond acceptors (Lipinski definition) is 3. The number of benzene rings is 3. The zero-order valence-corrected chi connectivity index (χ0v) is 12.1. The van der Waals surface area contributed by atoms with E-state index in [0.29, 0.717) is 11.1 Å². The number of para-hydroxylation sites is 2. The van der Waals surface area contributed by atoms with Gasteiger partial charge in [-0.3, -0.25) is 14.2 Å². The molecule has 0 amide bonds. The van der Waals surface area contributed by atoms with E-state index in [1.165, 1.54) is 10.9 Å². The van der Waals surface area contributed by atoms with Crippen LogP contribution in [-0.2, 0) is 0 Å². The minimum atomic E-state index is -0.258. The summed E-state index contributed by atoms with van der Waals surface area (Å²) in [4.78, 5) is 28.6. The molecule has 110 valence electrons. The van der Waals surface area contributed by atoms with Gasteiger partial charge < -0.3 is 0 Å². The fourth-order valence-electron chi connectivity index (χ4n) is 2.79. The molecule has 0 saturated carbocycles. The fourth-order valence-corrected chi connectivity index (χ4v) is 2.79. The van der Waals surface area contributed by atoms with Crippen molar-refractivity contribution in [3.05, 3.63) is 78.1 Å². The van der Waals surface area contributed by atoms with Gasteiger partial charge in [0.2, 0.25) is 0 Å². The highest BCUT2D eigenvalue weighted by atomic mass is 16.2. The van der Waals surface area contributed by atoms with Crippen LogP contribution >= 0.6 is 0 Å². The number of carbonyl (C=O) groups is 2. The van der Waals surface area contributed by atoms with Crippen molar-refractivity contribution < 1.29 is 9.59 Å². The van der Waals surface area contributed by atoms with E-state index in [4.69, 9.17) is 0 Å². The molecule has 0 fully saturated rings. The molecule has 4 aromatic rings. The Labute approximate surface area is 132 Å². The molecule has 0 spiro atoms. The van der Waals surface area contributed by atoms with Crippen LogP contribution in [0.25, 0.3) is 21.8 Å². The third-order valence-corrected chi connectivity index (χ3v) is 3.95. The van der Waals surface area contributed by atoms with Gasteiger partial charge in [0, 0.05) is 5.56 Å². The fraction of sp³-hybridized carbons (Fsp3) is 0. The summed E-state index contributed by atoms with van der Waals surface area (Å²) in [6.45, 7) is 0. The van der Waals surface area contributed by atoms with E-state index >= 15 is 0 Å². The van der Waals surface area contributed by atoms with Crippen LogP contribution in [0.2, 0.25) is 0 Å². The molecule has 0 N–H and O–H groups in total. The van der Waals surface area contributed by atoms with Gasteiger partial charge in [-0.05, 0) is 35.0 Å². The van der Waals surface area contributed by atoms with Gasteiger partial charge in [-0.25, -0.2) is 4.98 Å². The van der Waals surface area contributed by atoms with Crippen LogP contribution in [0, 0.1) is 0 Å². The third-order valence-electron chi connectivity index (χ3n) is 3.95. The summed E-state index contributed by atoms with van der Waals surface area (Å²) in [7, 11) is 0. The van der Waals surface area contributed by atoms with Crippen LogP contribution in [0.4, 0.5) is 0 Å². The lowest BCUT2D eigenvalue weighted by Gasteiger charge is -2.08. The van der Waals surface area contributed by atoms with Gasteiger partial charge in [-0.15, -0.1) is 0 Å². The molecule has 1 aromatic heterocycles. The van der Waals surface area contributed by atoms with Crippen molar-refractivity contribution >= 4 is 34.0 Å². The lowest BCUT2D eigenvalue weighted by atomic mass is 10.0. The van der Waals surface area contributed by atoms with Gasteiger partial charge in [-0.2, -0.15) is 0 Å². The summed E-state index contributed by atoms with van der Waals surface area (Å²) in [6.07, 6.45) is 2.22. The minimum Gasteiger partial charge on any atom is -0.298 e. The Morgan fingerprint density at radius 2 is 1.65 bits per heavy atom. The van der Waals surface area contributed by atoms with Crippen LogP contribution in [0.3, 0.4) is 0 Å². The van der Waals surface area contributed by atoms with Gasteiger partial charge in [0.25, 0.3) is 5.91 Å². The van der Waals surface area contributed by atoms with Crippen LogP contribution in [0.15, 0.2) is 67.0 Å². The molecule has 1 heterocycles. The minimum absolute atomic E-state index is 0.258. The van der Waals surface area contributed by atoms with Gasteiger partial charge >= 0.3 is 0 Å². The molecule has 4 heteroatoms. The second kappa shape index (κ2) is 5.18. The molecule has 0 aliphatic heterocycles. The van der Waals surface area contributed by atoms with Crippen molar-refractivity contribution in [3.63, 3.8) is 0 Å². The number of fused-ring (bicyclic) bond motifs is 2.